The molecule has 2 aromatic rings. The number of hydrogen-bond donors (Lipinski definition) is 2. The average molecular weight is 434 g/mol. The van der Waals surface area contributed by atoms with Crippen LogP contribution in [0.5, 0.6) is 0 Å². The summed E-state index contributed by atoms with van der Waals surface area (Å²) in [6, 6.07) is 13.5. The highest BCUT2D eigenvalue weighted by Crippen LogP contribution is 2.20. The molecule has 162 valence electrons. The molecule has 0 atom stereocenters. The van der Waals surface area contributed by atoms with Gasteiger partial charge in [-0.05, 0) is 31.2 Å². The van der Waals surface area contributed by atoms with E-state index in [9.17, 15) is 12.8 Å². The van der Waals surface area contributed by atoms with E-state index in [1.807, 2.05) is 17.9 Å². The fraction of sp³-hybridized carbons (Fsp3) is 0.381. The molecule has 0 amide bonds. The van der Waals surface area contributed by atoms with Crippen LogP contribution in [-0.2, 0) is 10.0 Å². The third kappa shape index (κ3) is 5.48. The maximum absolute atomic E-state index is 14.0. The van der Waals surface area contributed by atoms with Crippen LogP contribution >= 0.6 is 0 Å². The Morgan fingerprint density at radius 1 is 1.03 bits per heavy atom. The molecule has 1 aliphatic heterocycles. The standard InChI is InChI=1S/C21H28FN5O2S/c1-17-7-9-18(10-8-17)30(28,29)25-12-11-24-21(23-2)27-15-13-26(14-16-27)20-6-4-3-5-19(20)22/h3-10,25H,11-16H2,1-2H3,(H,23,24). The molecule has 0 bridgehead atoms. The smallest absolute Gasteiger partial charge is 0.240 e. The Balaban J connectivity index is 1.46. The van der Waals surface area contributed by atoms with Gasteiger partial charge in [-0.1, -0.05) is 29.8 Å². The van der Waals surface area contributed by atoms with Crippen LogP contribution in [0.2, 0.25) is 0 Å². The third-order valence-electron chi connectivity index (χ3n) is 5.02. The molecule has 2 N–H and O–H groups in total. The SMILES string of the molecule is CN=C(NCCNS(=O)(=O)c1ccc(C)cc1)N1CCN(c2ccccc2F)CC1. The van der Waals surface area contributed by atoms with E-state index in [-0.39, 0.29) is 17.3 Å². The highest BCUT2D eigenvalue weighted by molar-refractivity contribution is 7.89. The molecule has 0 unspecified atom stereocenters. The van der Waals surface area contributed by atoms with Crippen LogP contribution in [0.1, 0.15) is 5.56 Å². The lowest BCUT2D eigenvalue weighted by molar-refractivity contribution is 0.371. The molecule has 30 heavy (non-hydrogen) atoms. The zero-order valence-electron chi connectivity index (χ0n) is 17.3. The second-order valence-corrected chi connectivity index (χ2v) is 8.88. The molecule has 3 rings (SSSR count). The maximum atomic E-state index is 14.0. The number of para-hydroxylation sites is 1. The summed E-state index contributed by atoms with van der Waals surface area (Å²) in [6.45, 7) is 5.32. The first-order valence-corrected chi connectivity index (χ1v) is 11.4. The quantitative estimate of drug-likeness (QED) is 0.413. The van der Waals surface area contributed by atoms with Gasteiger partial charge < -0.3 is 15.1 Å². The molecule has 0 spiro atoms. The Labute approximate surface area is 177 Å². The highest BCUT2D eigenvalue weighted by atomic mass is 32.2. The van der Waals surface area contributed by atoms with E-state index in [0.29, 0.717) is 44.4 Å². The molecule has 1 heterocycles. The van der Waals surface area contributed by atoms with Gasteiger partial charge >= 0.3 is 0 Å². The van der Waals surface area contributed by atoms with Crippen LogP contribution < -0.4 is 14.9 Å². The molecule has 2 aromatic carbocycles. The van der Waals surface area contributed by atoms with Gasteiger partial charge in [0.2, 0.25) is 10.0 Å². The molecular weight excluding hydrogens is 405 g/mol. The van der Waals surface area contributed by atoms with Crippen molar-refractivity contribution in [2.24, 2.45) is 4.99 Å². The number of nitrogens with one attached hydrogen (secondary N) is 2. The van der Waals surface area contributed by atoms with Gasteiger partial charge in [-0.3, -0.25) is 4.99 Å². The summed E-state index contributed by atoms with van der Waals surface area (Å²) in [4.78, 5) is 8.65. The van der Waals surface area contributed by atoms with Crippen LogP contribution in [0.4, 0.5) is 10.1 Å². The normalized spacial score (nSPS) is 15.4. The molecule has 9 heteroatoms. The van der Waals surface area contributed by atoms with Gasteiger partial charge in [0, 0.05) is 46.3 Å². The number of benzene rings is 2. The van der Waals surface area contributed by atoms with E-state index in [0.717, 1.165) is 5.56 Å². The summed E-state index contributed by atoms with van der Waals surface area (Å²) in [6.07, 6.45) is 0. The lowest BCUT2D eigenvalue weighted by Crippen LogP contribution is -2.53. The van der Waals surface area contributed by atoms with Gasteiger partial charge in [0.25, 0.3) is 0 Å². The first kappa shape index (κ1) is 22.0. The number of sulfonamides is 1. The number of anilines is 1. The van der Waals surface area contributed by atoms with E-state index in [1.165, 1.54) is 6.07 Å². The predicted molar refractivity (Wildman–Crippen MR) is 118 cm³/mol. The molecular formula is C21H28FN5O2S. The Bertz CT molecular complexity index is 971. The number of halogens is 1. The van der Waals surface area contributed by atoms with Crippen LogP contribution in [-0.4, -0.2) is 65.6 Å². The van der Waals surface area contributed by atoms with Crippen LogP contribution in [0.15, 0.2) is 58.4 Å². The van der Waals surface area contributed by atoms with Crippen molar-refractivity contribution in [2.75, 3.05) is 51.2 Å². The van der Waals surface area contributed by atoms with Gasteiger partial charge in [-0.15, -0.1) is 0 Å². The van der Waals surface area contributed by atoms with Crippen LogP contribution in [0.3, 0.4) is 0 Å². The average Bonchev–Trinajstić information content (AvgIpc) is 2.75. The number of rotatable bonds is 6. The van der Waals surface area contributed by atoms with Crippen LogP contribution in [0, 0.1) is 12.7 Å². The van der Waals surface area contributed by atoms with Crippen molar-refractivity contribution in [1.82, 2.24) is 14.9 Å². The van der Waals surface area contributed by atoms with Gasteiger partial charge in [0.1, 0.15) is 5.82 Å². The Hall–Kier alpha value is -2.65. The minimum absolute atomic E-state index is 0.214. The van der Waals surface area contributed by atoms with Gasteiger partial charge in [-0.25, -0.2) is 17.5 Å². The second-order valence-electron chi connectivity index (χ2n) is 7.11. The summed E-state index contributed by atoms with van der Waals surface area (Å²) in [5.41, 5.74) is 1.63. The zero-order valence-corrected chi connectivity index (χ0v) is 18.1. The first-order chi connectivity index (χ1) is 14.4. The van der Waals surface area contributed by atoms with Crippen molar-refractivity contribution in [1.29, 1.82) is 0 Å². The predicted octanol–water partition coefficient (Wildman–Crippen LogP) is 1.81. The van der Waals surface area contributed by atoms with Gasteiger partial charge in [0.05, 0.1) is 10.6 Å². The molecule has 7 nitrogen and oxygen atoms in total. The minimum atomic E-state index is -3.53. The van der Waals surface area contributed by atoms with E-state index < -0.39 is 10.0 Å². The van der Waals surface area contributed by atoms with Crippen molar-refractivity contribution in [3.8, 4) is 0 Å². The largest absolute Gasteiger partial charge is 0.366 e. The summed E-state index contributed by atoms with van der Waals surface area (Å²) >= 11 is 0. The van der Waals surface area contributed by atoms with E-state index in [1.54, 1.807) is 43.4 Å². The summed E-state index contributed by atoms with van der Waals surface area (Å²) in [5.74, 6) is 0.493. The van der Waals surface area contributed by atoms with Crippen LogP contribution in [0.25, 0.3) is 0 Å². The molecule has 1 fully saturated rings. The highest BCUT2D eigenvalue weighted by Gasteiger charge is 2.21. The summed E-state index contributed by atoms with van der Waals surface area (Å²) in [5, 5.41) is 3.19. The summed E-state index contributed by atoms with van der Waals surface area (Å²) in [7, 11) is -1.84. The van der Waals surface area contributed by atoms with E-state index in [2.05, 4.69) is 19.9 Å². The van der Waals surface area contributed by atoms with Crippen molar-refractivity contribution in [3.63, 3.8) is 0 Å². The molecule has 1 aliphatic rings. The molecule has 0 saturated carbocycles. The molecule has 1 saturated heterocycles. The lowest BCUT2D eigenvalue weighted by atomic mass is 10.2. The van der Waals surface area contributed by atoms with Gasteiger partial charge in [-0.2, -0.15) is 0 Å². The van der Waals surface area contributed by atoms with Crippen molar-refractivity contribution >= 4 is 21.7 Å². The third-order valence-corrected chi connectivity index (χ3v) is 6.49. The Kier molecular flexibility index (Phi) is 7.28. The fourth-order valence-corrected chi connectivity index (χ4v) is 4.39. The number of hydrogen-bond acceptors (Lipinski definition) is 4. The second kappa shape index (κ2) is 9.90. The molecule has 0 aromatic heterocycles. The lowest BCUT2D eigenvalue weighted by Gasteiger charge is -2.37. The minimum Gasteiger partial charge on any atom is -0.366 e. The number of piperazine rings is 1. The summed E-state index contributed by atoms with van der Waals surface area (Å²) < 4.78 is 41.3. The monoisotopic (exact) mass is 433 g/mol. The number of guanidine groups is 1. The zero-order chi connectivity index (χ0) is 21.6. The number of nitrogens with zero attached hydrogens (tertiary/aromatic N) is 3. The Morgan fingerprint density at radius 2 is 1.70 bits per heavy atom. The van der Waals surface area contributed by atoms with E-state index >= 15 is 0 Å². The molecule has 0 radical (unpaired) electrons. The Morgan fingerprint density at radius 3 is 2.33 bits per heavy atom. The number of aryl methyl sites for hydroxylation is 1. The van der Waals surface area contributed by atoms with Gasteiger partial charge in [0.15, 0.2) is 5.96 Å². The molecule has 0 aliphatic carbocycles. The van der Waals surface area contributed by atoms with Crippen molar-refractivity contribution < 1.29 is 12.8 Å². The van der Waals surface area contributed by atoms with E-state index in [4.69, 9.17) is 0 Å². The fourth-order valence-electron chi connectivity index (χ4n) is 3.36. The maximum Gasteiger partial charge on any atom is 0.240 e. The number of aliphatic imine (C=N–C) groups is 1. The van der Waals surface area contributed by atoms with Crippen molar-refractivity contribution in [3.05, 3.63) is 59.9 Å². The van der Waals surface area contributed by atoms with Crippen molar-refractivity contribution in [2.45, 2.75) is 11.8 Å². The topological polar surface area (TPSA) is 77.0 Å². The first-order valence-electron chi connectivity index (χ1n) is 9.92.